The molecule has 2 rings (SSSR count). The van der Waals surface area contributed by atoms with E-state index in [1.807, 2.05) is 31.6 Å². The van der Waals surface area contributed by atoms with Crippen LogP contribution in [0.15, 0.2) is 30.6 Å². The van der Waals surface area contributed by atoms with Crippen LogP contribution in [-0.4, -0.2) is 16.4 Å². The van der Waals surface area contributed by atoms with Gasteiger partial charge in [-0.25, -0.2) is 0 Å². The molecule has 1 aromatic heterocycles. The Morgan fingerprint density at radius 1 is 1.33 bits per heavy atom. The van der Waals surface area contributed by atoms with Crippen LogP contribution < -0.4 is 10.5 Å². The van der Waals surface area contributed by atoms with Crippen LogP contribution >= 0.6 is 0 Å². The smallest absolute Gasteiger partial charge is 0.142 e. The topological polar surface area (TPSA) is 53.1 Å². The lowest BCUT2D eigenvalue weighted by Crippen LogP contribution is -2.03. The van der Waals surface area contributed by atoms with Gasteiger partial charge in [0, 0.05) is 19.7 Å². The third-order valence-electron chi connectivity index (χ3n) is 2.89. The van der Waals surface area contributed by atoms with E-state index in [-0.39, 0.29) is 0 Å². The van der Waals surface area contributed by atoms with E-state index < -0.39 is 0 Å². The van der Waals surface area contributed by atoms with Gasteiger partial charge in [-0.3, -0.25) is 4.68 Å². The number of nitrogens with zero attached hydrogens (tertiary/aromatic N) is 2. The number of ether oxygens (including phenoxy) is 1. The maximum absolute atomic E-state index is 5.94. The zero-order chi connectivity index (χ0) is 13.0. The molecule has 0 fully saturated rings. The Balaban J connectivity index is 1.90. The first-order valence-electron chi connectivity index (χ1n) is 6.17. The summed E-state index contributed by atoms with van der Waals surface area (Å²) < 4.78 is 7.48. The molecule has 0 atom stereocenters. The third kappa shape index (κ3) is 3.03. The molecule has 0 radical (unpaired) electrons. The van der Waals surface area contributed by atoms with Crippen LogP contribution in [-0.2, 0) is 19.9 Å². The van der Waals surface area contributed by atoms with E-state index in [0.717, 1.165) is 18.6 Å². The number of rotatable bonds is 5. The predicted octanol–water partition coefficient (Wildman–Crippen LogP) is 2.19. The summed E-state index contributed by atoms with van der Waals surface area (Å²) in [7, 11) is 1.91. The second-order valence-corrected chi connectivity index (χ2v) is 4.35. The van der Waals surface area contributed by atoms with Crippen LogP contribution in [0.1, 0.15) is 18.1 Å². The largest absolute Gasteiger partial charge is 0.491 e. The van der Waals surface area contributed by atoms with Gasteiger partial charge in [0.25, 0.3) is 0 Å². The summed E-state index contributed by atoms with van der Waals surface area (Å²) in [4.78, 5) is 0. The van der Waals surface area contributed by atoms with E-state index in [2.05, 4.69) is 18.1 Å². The lowest BCUT2D eigenvalue weighted by molar-refractivity contribution is 0.323. The highest BCUT2D eigenvalue weighted by atomic mass is 16.5. The summed E-state index contributed by atoms with van der Waals surface area (Å²) in [6, 6.07) is 5.96. The molecule has 0 bridgehead atoms. The van der Waals surface area contributed by atoms with Crippen molar-refractivity contribution >= 4 is 5.69 Å². The minimum absolute atomic E-state index is 0.612. The summed E-state index contributed by atoms with van der Waals surface area (Å²) in [5.41, 5.74) is 9.04. The second kappa shape index (κ2) is 5.58. The number of anilines is 1. The number of aryl methyl sites for hydroxylation is 2. The Bertz CT molecular complexity index is 520. The number of nitrogens with two attached hydrogens (primary N) is 1. The highest BCUT2D eigenvalue weighted by Gasteiger charge is 2.02. The lowest BCUT2D eigenvalue weighted by Gasteiger charge is -2.09. The van der Waals surface area contributed by atoms with Crippen molar-refractivity contribution < 1.29 is 4.74 Å². The lowest BCUT2D eigenvalue weighted by atomic mass is 10.1. The fourth-order valence-electron chi connectivity index (χ4n) is 1.83. The van der Waals surface area contributed by atoms with Crippen LogP contribution in [0.4, 0.5) is 5.69 Å². The molecule has 0 amide bonds. The molecule has 0 saturated carbocycles. The molecule has 0 saturated heterocycles. The standard InChI is InChI=1S/C14H19N3O/c1-3-11-4-5-14(13(15)8-11)18-7-6-12-9-16-17(2)10-12/h4-5,8-10H,3,6-7,15H2,1-2H3. The van der Waals surface area contributed by atoms with Gasteiger partial charge in [0.15, 0.2) is 0 Å². The highest BCUT2D eigenvalue weighted by molar-refractivity contribution is 5.54. The first kappa shape index (κ1) is 12.5. The highest BCUT2D eigenvalue weighted by Crippen LogP contribution is 2.22. The second-order valence-electron chi connectivity index (χ2n) is 4.35. The minimum atomic E-state index is 0.612. The third-order valence-corrected chi connectivity index (χ3v) is 2.89. The summed E-state index contributed by atoms with van der Waals surface area (Å²) in [5, 5.41) is 4.12. The van der Waals surface area contributed by atoms with Gasteiger partial charge in [-0.15, -0.1) is 0 Å². The first-order chi connectivity index (χ1) is 8.69. The molecule has 18 heavy (non-hydrogen) atoms. The molecule has 0 spiro atoms. The Morgan fingerprint density at radius 3 is 2.78 bits per heavy atom. The summed E-state index contributed by atoms with van der Waals surface area (Å²) in [6.07, 6.45) is 5.67. The first-order valence-corrected chi connectivity index (χ1v) is 6.17. The average molecular weight is 245 g/mol. The van der Waals surface area contributed by atoms with Gasteiger partial charge < -0.3 is 10.5 Å². The molecule has 2 N–H and O–H groups in total. The van der Waals surface area contributed by atoms with Crippen molar-refractivity contribution in [2.24, 2.45) is 7.05 Å². The van der Waals surface area contributed by atoms with Crippen LogP contribution in [0.25, 0.3) is 0 Å². The Morgan fingerprint density at radius 2 is 2.17 bits per heavy atom. The molecule has 0 unspecified atom stereocenters. The summed E-state index contributed by atoms with van der Waals surface area (Å²) >= 11 is 0. The SMILES string of the molecule is CCc1ccc(OCCc2cnn(C)c2)c(N)c1. The van der Waals surface area contributed by atoms with Gasteiger partial charge in [0.1, 0.15) is 5.75 Å². The number of nitrogen functional groups attached to an aromatic ring is 1. The maximum atomic E-state index is 5.94. The molecule has 0 aliphatic heterocycles. The zero-order valence-electron chi connectivity index (χ0n) is 10.9. The van der Waals surface area contributed by atoms with Crippen molar-refractivity contribution in [1.82, 2.24) is 9.78 Å². The minimum Gasteiger partial charge on any atom is -0.491 e. The van der Waals surface area contributed by atoms with Crippen LogP contribution in [0.5, 0.6) is 5.75 Å². The van der Waals surface area contributed by atoms with Gasteiger partial charge in [-0.2, -0.15) is 5.10 Å². The molecular formula is C14H19N3O. The van der Waals surface area contributed by atoms with E-state index in [4.69, 9.17) is 10.5 Å². The van der Waals surface area contributed by atoms with Gasteiger partial charge in [-0.05, 0) is 29.7 Å². The van der Waals surface area contributed by atoms with Gasteiger partial charge in [-0.1, -0.05) is 13.0 Å². The zero-order valence-corrected chi connectivity index (χ0v) is 10.9. The van der Waals surface area contributed by atoms with Gasteiger partial charge >= 0.3 is 0 Å². The quantitative estimate of drug-likeness (QED) is 0.821. The number of aromatic nitrogens is 2. The molecule has 0 aliphatic rings. The fraction of sp³-hybridized carbons (Fsp3) is 0.357. The number of benzene rings is 1. The fourth-order valence-corrected chi connectivity index (χ4v) is 1.83. The molecule has 1 aromatic carbocycles. The van der Waals surface area contributed by atoms with Crippen LogP contribution in [0.3, 0.4) is 0 Å². The van der Waals surface area contributed by atoms with E-state index in [0.29, 0.717) is 12.3 Å². The number of hydrogen-bond donors (Lipinski definition) is 1. The molecule has 1 heterocycles. The molecule has 2 aromatic rings. The van der Waals surface area contributed by atoms with Crippen molar-refractivity contribution in [2.45, 2.75) is 19.8 Å². The van der Waals surface area contributed by atoms with Gasteiger partial charge in [0.2, 0.25) is 0 Å². The van der Waals surface area contributed by atoms with Crippen molar-refractivity contribution in [3.63, 3.8) is 0 Å². The van der Waals surface area contributed by atoms with Crippen molar-refractivity contribution in [2.75, 3.05) is 12.3 Å². The van der Waals surface area contributed by atoms with Gasteiger partial charge in [0.05, 0.1) is 18.5 Å². The van der Waals surface area contributed by atoms with Crippen LogP contribution in [0, 0.1) is 0 Å². The van der Waals surface area contributed by atoms with Crippen molar-refractivity contribution in [3.8, 4) is 5.75 Å². The van der Waals surface area contributed by atoms with Crippen molar-refractivity contribution in [3.05, 3.63) is 41.7 Å². The molecular weight excluding hydrogens is 226 g/mol. The van der Waals surface area contributed by atoms with E-state index in [1.54, 1.807) is 4.68 Å². The predicted molar refractivity (Wildman–Crippen MR) is 72.6 cm³/mol. The average Bonchev–Trinajstić information content (AvgIpc) is 2.77. The molecule has 4 nitrogen and oxygen atoms in total. The van der Waals surface area contributed by atoms with E-state index in [9.17, 15) is 0 Å². The van der Waals surface area contributed by atoms with E-state index >= 15 is 0 Å². The molecule has 0 aliphatic carbocycles. The molecule has 96 valence electrons. The number of hydrogen-bond acceptors (Lipinski definition) is 3. The summed E-state index contributed by atoms with van der Waals surface area (Å²) in [6.45, 7) is 2.72. The van der Waals surface area contributed by atoms with E-state index in [1.165, 1.54) is 11.1 Å². The molecule has 4 heteroatoms. The monoisotopic (exact) mass is 245 g/mol. The van der Waals surface area contributed by atoms with Crippen molar-refractivity contribution in [1.29, 1.82) is 0 Å². The Hall–Kier alpha value is -1.97. The normalized spacial score (nSPS) is 10.6. The summed E-state index contributed by atoms with van der Waals surface area (Å²) in [5.74, 6) is 0.760. The Kier molecular flexibility index (Phi) is 3.87. The van der Waals surface area contributed by atoms with Crippen LogP contribution in [0.2, 0.25) is 0 Å². The Labute approximate surface area is 107 Å². The maximum Gasteiger partial charge on any atom is 0.142 e.